The number of rotatable bonds is 8. The van der Waals surface area contributed by atoms with Crippen molar-refractivity contribution in [1.29, 1.82) is 0 Å². The fourth-order valence-corrected chi connectivity index (χ4v) is 5.20. The van der Waals surface area contributed by atoms with Gasteiger partial charge in [0.1, 0.15) is 16.6 Å². The number of nitrogens with one attached hydrogen (secondary N) is 1. The van der Waals surface area contributed by atoms with E-state index >= 15 is 0 Å². The molecule has 1 fully saturated rings. The van der Waals surface area contributed by atoms with Gasteiger partial charge in [0.25, 0.3) is 5.91 Å². The average molecular weight is 519 g/mol. The van der Waals surface area contributed by atoms with Crippen LogP contribution in [0.2, 0.25) is 0 Å². The minimum Gasteiger partial charge on any atom is -0.598 e. The van der Waals surface area contributed by atoms with Crippen LogP contribution in [-0.2, 0) is 22.5 Å². The van der Waals surface area contributed by atoms with Crippen LogP contribution in [0.1, 0.15) is 41.6 Å². The Labute approximate surface area is 219 Å². The van der Waals surface area contributed by atoms with Crippen molar-refractivity contribution in [3.05, 3.63) is 83.7 Å². The number of benzene rings is 2. The third-order valence-electron chi connectivity index (χ3n) is 6.39. The number of morpholine rings is 1. The molecule has 1 N–H and O–H groups in total. The van der Waals surface area contributed by atoms with Gasteiger partial charge in [-0.05, 0) is 43.7 Å². The molecule has 2 aromatic carbocycles. The number of hydrogen-bond acceptors (Lipinski definition) is 7. The number of hydrogen-bond donors (Lipinski definition) is 1. The molecule has 192 valence electrons. The van der Waals surface area contributed by atoms with Crippen molar-refractivity contribution < 1.29 is 18.6 Å². The number of para-hydroxylation sites is 1. The summed E-state index contributed by atoms with van der Waals surface area (Å²) >= 11 is -1.29. The van der Waals surface area contributed by atoms with Gasteiger partial charge in [-0.3, -0.25) is 4.79 Å². The van der Waals surface area contributed by atoms with Gasteiger partial charge in [0.2, 0.25) is 0 Å². The molecular formula is C28H30N4O4S. The molecule has 3 heterocycles. The summed E-state index contributed by atoms with van der Waals surface area (Å²) in [5, 5.41) is 5.20. The number of carbonyl (C=O) groups is 1. The van der Waals surface area contributed by atoms with E-state index in [1.165, 1.54) is 0 Å². The molecule has 0 spiro atoms. The summed E-state index contributed by atoms with van der Waals surface area (Å²) in [6, 6.07) is 20.8. The molecule has 1 aliphatic heterocycles. The first-order chi connectivity index (χ1) is 18.0. The number of aromatic nitrogens is 2. The fraction of sp³-hybridized carbons (Fsp3) is 0.321. The second-order valence-electron chi connectivity index (χ2n) is 9.25. The van der Waals surface area contributed by atoms with Gasteiger partial charge in [-0.1, -0.05) is 47.6 Å². The lowest BCUT2D eigenvalue weighted by molar-refractivity contribution is 0.0299. The predicted octanol–water partition coefficient (Wildman–Crippen LogP) is 4.31. The smallest absolute Gasteiger partial charge is 0.272 e. The van der Waals surface area contributed by atoms with E-state index in [0.29, 0.717) is 44.0 Å². The first-order valence-electron chi connectivity index (χ1n) is 12.4. The quantitative estimate of drug-likeness (QED) is 0.347. The zero-order chi connectivity index (χ0) is 25.8. The molecule has 37 heavy (non-hydrogen) atoms. The normalized spacial score (nSPS) is 15.7. The summed E-state index contributed by atoms with van der Waals surface area (Å²) < 4.78 is 27.2. The standard InChI is InChI=1S/C28H30N4O4S/c1-19(2)37(34)31-25(18-20-8-7-12-24(29-20)28(33)32-14-16-35-17-15-32)21-9-3-4-10-22(21)27-23-11-5-6-13-26(23)36-30-27/h3-13,19,25,31H,14-18H2,1-2H3/t25-,37?/m0/s1. The Morgan fingerprint density at radius 2 is 1.81 bits per heavy atom. The molecule has 1 aliphatic rings. The van der Waals surface area contributed by atoms with Crippen LogP contribution in [0.25, 0.3) is 22.2 Å². The van der Waals surface area contributed by atoms with Crippen LogP contribution >= 0.6 is 0 Å². The fourth-order valence-electron chi connectivity index (χ4n) is 4.44. The molecule has 0 radical (unpaired) electrons. The lowest BCUT2D eigenvalue weighted by atomic mass is 9.94. The Hall–Kier alpha value is -3.24. The lowest BCUT2D eigenvalue weighted by Gasteiger charge is -2.27. The van der Waals surface area contributed by atoms with Crippen LogP contribution in [0.3, 0.4) is 0 Å². The summed E-state index contributed by atoms with van der Waals surface area (Å²) in [6.45, 7) is 6.01. The minimum atomic E-state index is -1.29. The van der Waals surface area contributed by atoms with E-state index in [1.54, 1.807) is 11.0 Å². The van der Waals surface area contributed by atoms with E-state index in [-0.39, 0.29) is 17.2 Å². The maximum atomic E-state index is 13.0. The Morgan fingerprint density at radius 1 is 1.05 bits per heavy atom. The van der Waals surface area contributed by atoms with Crippen LogP contribution in [0.5, 0.6) is 0 Å². The first-order valence-corrected chi connectivity index (χ1v) is 13.7. The highest BCUT2D eigenvalue weighted by atomic mass is 32.2. The van der Waals surface area contributed by atoms with Gasteiger partial charge < -0.3 is 18.7 Å². The molecule has 1 unspecified atom stereocenters. The van der Waals surface area contributed by atoms with Crippen LogP contribution in [0, 0.1) is 0 Å². The van der Waals surface area contributed by atoms with Crippen LogP contribution in [-0.4, -0.2) is 57.1 Å². The van der Waals surface area contributed by atoms with Crippen molar-refractivity contribution in [2.45, 2.75) is 31.6 Å². The molecule has 2 atom stereocenters. The van der Waals surface area contributed by atoms with Crippen molar-refractivity contribution in [2.24, 2.45) is 0 Å². The Kier molecular flexibility index (Phi) is 7.85. The number of fused-ring (bicyclic) bond motifs is 1. The highest BCUT2D eigenvalue weighted by molar-refractivity contribution is 7.90. The Balaban J connectivity index is 1.49. The summed E-state index contributed by atoms with van der Waals surface area (Å²) in [4.78, 5) is 19.5. The summed E-state index contributed by atoms with van der Waals surface area (Å²) in [5.74, 6) is -0.102. The largest absolute Gasteiger partial charge is 0.598 e. The number of nitrogens with zero attached hydrogens (tertiary/aromatic N) is 3. The maximum absolute atomic E-state index is 13.0. The highest BCUT2D eigenvalue weighted by Gasteiger charge is 2.27. The zero-order valence-corrected chi connectivity index (χ0v) is 21.7. The number of carbonyl (C=O) groups excluding carboxylic acids is 1. The molecule has 0 saturated carbocycles. The SMILES string of the molecule is CC(C)[S+]([O-])N[C@@H](Cc1cccc(C(=O)N2CCOCC2)n1)c1ccccc1-c1noc2ccccc12. The van der Waals surface area contributed by atoms with Gasteiger partial charge in [0.15, 0.2) is 5.58 Å². The van der Waals surface area contributed by atoms with Crippen molar-refractivity contribution in [2.75, 3.05) is 26.3 Å². The van der Waals surface area contributed by atoms with E-state index in [4.69, 9.17) is 14.2 Å². The molecule has 1 saturated heterocycles. The van der Waals surface area contributed by atoms with Crippen LogP contribution in [0.4, 0.5) is 0 Å². The molecule has 9 heteroatoms. The van der Waals surface area contributed by atoms with Gasteiger partial charge >= 0.3 is 0 Å². The summed E-state index contributed by atoms with van der Waals surface area (Å²) in [5.41, 5.74) is 4.40. The number of pyridine rings is 1. The third kappa shape index (κ3) is 5.70. The van der Waals surface area contributed by atoms with E-state index in [0.717, 1.165) is 27.9 Å². The monoisotopic (exact) mass is 518 g/mol. The summed E-state index contributed by atoms with van der Waals surface area (Å²) in [7, 11) is 0. The van der Waals surface area contributed by atoms with Gasteiger partial charge in [-0.25, -0.2) is 4.98 Å². The van der Waals surface area contributed by atoms with Gasteiger partial charge in [0, 0.05) is 47.5 Å². The second-order valence-corrected chi connectivity index (χ2v) is 11.0. The van der Waals surface area contributed by atoms with E-state index in [1.807, 2.05) is 74.5 Å². The van der Waals surface area contributed by atoms with Gasteiger partial charge in [-0.15, -0.1) is 4.72 Å². The molecule has 0 aliphatic carbocycles. The minimum absolute atomic E-state index is 0.0789. The molecular weight excluding hydrogens is 488 g/mol. The lowest BCUT2D eigenvalue weighted by Crippen LogP contribution is -2.41. The molecule has 4 aromatic rings. The molecule has 5 rings (SSSR count). The Bertz CT molecular complexity index is 1370. The highest BCUT2D eigenvalue weighted by Crippen LogP contribution is 2.34. The van der Waals surface area contributed by atoms with Crippen molar-refractivity contribution in [1.82, 2.24) is 19.8 Å². The van der Waals surface area contributed by atoms with Gasteiger partial charge in [-0.2, -0.15) is 0 Å². The van der Waals surface area contributed by atoms with Crippen molar-refractivity contribution in [3.8, 4) is 11.3 Å². The predicted molar refractivity (Wildman–Crippen MR) is 143 cm³/mol. The third-order valence-corrected chi connectivity index (χ3v) is 7.77. The Morgan fingerprint density at radius 3 is 2.62 bits per heavy atom. The number of amides is 1. The topological polar surface area (TPSA) is 104 Å². The molecule has 0 bridgehead atoms. The van der Waals surface area contributed by atoms with Crippen molar-refractivity contribution >= 4 is 28.2 Å². The summed E-state index contributed by atoms with van der Waals surface area (Å²) in [6.07, 6.45) is 0.440. The average Bonchev–Trinajstić information content (AvgIpc) is 3.37. The maximum Gasteiger partial charge on any atom is 0.272 e. The first kappa shape index (κ1) is 25.4. The van der Waals surface area contributed by atoms with Crippen molar-refractivity contribution in [3.63, 3.8) is 0 Å². The van der Waals surface area contributed by atoms with Crippen LogP contribution < -0.4 is 4.72 Å². The van der Waals surface area contributed by atoms with Crippen LogP contribution in [0.15, 0.2) is 71.3 Å². The van der Waals surface area contributed by atoms with E-state index in [9.17, 15) is 9.35 Å². The number of ether oxygens (including phenoxy) is 1. The van der Waals surface area contributed by atoms with E-state index in [2.05, 4.69) is 9.88 Å². The van der Waals surface area contributed by atoms with E-state index < -0.39 is 11.4 Å². The molecule has 8 nitrogen and oxygen atoms in total. The zero-order valence-electron chi connectivity index (χ0n) is 20.9. The second kappa shape index (κ2) is 11.4. The van der Waals surface area contributed by atoms with Gasteiger partial charge in [0.05, 0.1) is 19.3 Å². The molecule has 2 aromatic heterocycles. The molecule has 1 amide bonds.